The molecule has 1 N–H and O–H groups in total. The van der Waals surface area contributed by atoms with Crippen molar-refractivity contribution in [3.05, 3.63) is 47.9 Å². The van der Waals surface area contributed by atoms with Crippen molar-refractivity contribution in [3.8, 4) is 5.75 Å². The summed E-state index contributed by atoms with van der Waals surface area (Å²) in [5.41, 5.74) is 0.476. The summed E-state index contributed by atoms with van der Waals surface area (Å²) in [7, 11) is 1.73. The number of aliphatic hydroxyl groups is 1. The average Bonchev–Trinajstić information content (AvgIpc) is 3.43. The van der Waals surface area contributed by atoms with Gasteiger partial charge >= 0.3 is 0 Å². The quantitative estimate of drug-likeness (QED) is 0.673. The van der Waals surface area contributed by atoms with Crippen LogP contribution in [0.3, 0.4) is 0 Å². The minimum Gasteiger partial charge on any atom is -0.492 e. The molecule has 0 aliphatic carbocycles. The molecule has 0 saturated carbocycles. The smallest absolute Gasteiger partial charge is 0.253 e. The summed E-state index contributed by atoms with van der Waals surface area (Å²) < 4.78 is 5.88. The topological polar surface area (TPSA) is 82.0 Å². The molecule has 8 nitrogen and oxygen atoms in total. The van der Waals surface area contributed by atoms with Crippen molar-refractivity contribution in [1.82, 2.24) is 19.8 Å². The molecule has 2 aliphatic heterocycles. The highest BCUT2D eigenvalue weighted by Gasteiger charge is 2.38. The minimum atomic E-state index is -0.979. The number of amides is 1. The Hall–Kier alpha value is -2.71. The van der Waals surface area contributed by atoms with Crippen molar-refractivity contribution in [1.29, 1.82) is 0 Å². The molecule has 0 bridgehead atoms. The molecule has 2 saturated heterocycles. The first-order valence-electron chi connectivity index (χ1n) is 11.4. The van der Waals surface area contributed by atoms with Gasteiger partial charge in [-0.2, -0.15) is 0 Å². The maximum atomic E-state index is 13.0. The van der Waals surface area contributed by atoms with Gasteiger partial charge in [0.25, 0.3) is 5.91 Å². The maximum Gasteiger partial charge on any atom is 0.253 e. The van der Waals surface area contributed by atoms with Crippen molar-refractivity contribution in [2.45, 2.75) is 31.8 Å². The number of likely N-dealkylation sites (N-methyl/N-ethyl adjacent to an activating group) is 1. The van der Waals surface area contributed by atoms with E-state index in [0.29, 0.717) is 37.4 Å². The summed E-state index contributed by atoms with van der Waals surface area (Å²) in [6.07, 6.45) is 4.64. The largest absolute Gasteiger partial charge is 0.492 e. The number of benzene rings is 1. The van der Waals surface area contributed by atoms with Gasteiger partial charge in [-0.1, -0.05) is 6.07 Å². The fourth-order valence-electron chi connectivity index (χ4n) is 4.55. The van der Waals surface area contributed by atoms with E-state index in [4.69, 9.17) is 4.74 Å². The van der Waals surface area contributed by atoms with Crippen LogP contribution in [-0.2, 0) is 0 Å². The highest BCUT2D eigenvalue weighted by atomic mass is 16.5. The van der Waals surface area contributed by atoms with Gasteiger partial charge in [-0.15, -0.1) is 0 Å². The molecule has 2 fully saturated rings. The Kier molecular flexibility index (Phi) is 6.91. The van der Waals surface area contributed by atoms with Crippen LogP contribution in [0.5, 0.6) is 5.75 Å². The molecule has 3 heterocycles. The molecule has 0 spiro atoms. The zero-order valence-electron chi connectivity index (χ0n) is 19.0. The minimum absolute atomic E-state index is 0.125. The van der Waals surface area contributed by atoms with Gasteiger partial charge in [0.2, 0.25) is 0 Å². The Labute approximate surface area is 189 Å². The van der Waals surface area contributed by atoms with Crippen LogP contribution < -0.4 is 9.64 Å². The number of carbonyl (C=O) groups excluding carboxylic acids is 1. The molecular formula is C24H33N5O3. The molecule has 32 heavy (non-hydrogen) atoms. The van der Waals surface area contributed by atoms with Crippen LogP contribution >= 0.6 is 0 Å². The first-order chi connectivity index (χ1) is 15.4. The van der Waals surface area contributed by atoms with Gasteiger partial charge in [0, 0.05) is 44.0 Å². The standard InChI is InChI=1S/C24H33N5O3/c1-19-14-22(26-18-25-19)29-11-8-24(31,17-29)16-27(2)23(30)20-6-5-7-21(15-20)32-13-12-28-9-3-4-10-28/h5-7,14-15,18,31H,3-4,8-13,16-17H2,1-2H3. The summed E-state index contributed by atoms with van der Waals surface area (Å²) in [5, 5.41) is 11.1. The third-order valence-corrected chi connectivity index (χ3v) is 6.28. The van der Waals surface area contributed by atoms with Gasteiger partial charge in [0.15, 0.2) is 0 Å². The molecule has 4 rings (SSSR count). The zero-order valence-corrected chi connectivity index (χ0v) is 19.0. The summed E-state index contributed by atoms with van der Waals surface area (Å²) in [6, 6.07) is 9.22. The number of hydrogen-bond donors (Lipinski definition) is 1. The van der Waals surface area contributed by atoms with Crippen molar-refractivity contribution >= 4 is 11.7 Å². The Balaban J connectivity index is 1.32. The first kappa shape index (κ1) is 22.5. The van der Waals surface area contributed by atoms with E-state index in [9.17, 15) is 9.90 Å². The molecule has 2 aliphatic rings. The number of anilines is 1. The molecule has 1 aromatic heterocycles. The van der Waals surface area contributed by atoms with Crippen LogP contribution in [0.15, 0.2) is 36.7 Å². The molecule has 172 valence electrons. The Morgan fingerprint density at radius 3 is 2.81 bits per heavy atom. The molecule has 8 heteroatoms. The van der Waals surface area contributed by atoms with Gasteiger partial charge in [-0.3, -0.25) is 9.69 Å². The summed E-state index contributed by atoms with van der Waals surface area (Å²) >= 11 is 0. The molecule has 1 amide bonds. The Morgan fingerprint density at radius 1 is 1.22 bits per heavy atom. The van der Waals surface area contributed by atoms with Gasteiger partial charge in [-0.25, -0.2) is 9.97 Å². The van der Waals surface area contributed by atoms with Crippen molar-refractivity contribution in [2.75, 3.05) is 57.8 Å². The van der Waals surface area contributed by atoms with E-state index in [-0.39, 0.29) is 12.5 Å². The van der Waals surface area contributed by atoms with E-state index in [1.807, 2.05) is 30.0 Å². The zero-order chi connectivity index (χ0) is 22.6. The summed E-state index contributed by atoms with van der Waals surface area (Å²) in [6.45, 7) is 7.11. The Morgan fingerprint density at radius 2 is 2.03 bits per heavy atom. The lowest BCUT2D eigenvalue weighted by Gasteiger charge is -2.29. The number of carbonyl (C=O) groups is 1. The van der Waals surface area contributed by atoms with Crippen LogP contribution in [-0.4, -0.2) is 89.3 Å². The van der Waals surface area contributed by atoms with E-state index >= 15 is 0 Å². The second kappa shape index (κ2) is 9.83. The third-order valence-electron chi connectivity index (χ3n) is 6.28. The number of aromatic nitrogens is 2. The first-order valence-corrected chi connectivity index (χ1v) is 11.4. The number of ether oxygens (including phenoxy) is 1. The van der Waals surface area contributed by atoms with Gasteiger partial charge < -0.3 is 19.6 Å². The summed E-state index contributed by atoms with van der Waals surface area (Å²) in [5.74, 6) is 1.38. The monoisotopic (exact) mass is 439 g/mol. The normalized spacial score (nSPS) is 21.2. The van der Waals surface area contributed by atoms with Gasteiger partial charge in [-0.05, 0) is 57.5 Å². The predicted octanol–water partition coefficient (Wildman–Crippen LogP) is 1.97. The second-order valence-electron chi connectivity index (χ2n) is 9.00. The lowest BCUT2D eigenvalue weighted by atomic mass is 10.0. The number of hydrogen-bond acceptors (Lipinski definition) is 7. The lowest BCUT2D eigenvalue weighted by molar-refractivity contribution is 0.0264. The average molecular weight is 440 g/mol. The Bertz CT molecular complexity index is 933. The SMILES string of the molecule is Cc1cc(N2CCC(O)(CN(C)C(=O)c3cccc(OCCN4CCCC4)c3)C2)ncn1. The van der Waals surface area contributed by atoms with E-state index < -0.39 is 5.60 Å². The summed E-state index contributed by atoms with van der Waals surface area (Å²) in [4.78, 5) is 27.5. The third kappa shape index (κ3) is 5.55. The van der Waals surface area contributed by atoms with E-state index in [1.54, 1.807) is 24.1 Å². The highest BCUT2D eigenvalue weighted by molar-refractivity contribution is 5.94. The van der Waals surface area contributed by atoms with E-state index in [0.717, 1.165) is 31.1 Å². The fourth-order valence-corrected chi connectivity index (χ4v) is 4.55. The lowest BCUT2D eigenvalue weighted by Crippen LogP contribution is -2.46. The van der Waals surface area contributed by atoms with Gasteiger partial charge in [0.1, 0.15) is 30.1 Å². The fraction of sp³-hybridized carbons (Fsp3) is 0.542. The van der Waals surface area contributed by atoms with Crippen LogP contribution in [0.2, 0.25) is 0 Å². The van der Waals surface area contributed by atoms with E-state index in [2.05, 4.69) is 14.9 Å². The number of aryl methyl sites for hydroxylation is 1. The van der Waals surface area contributed by atoms with Crippen LogP contribution in [0.1, 0.15) is 35.3 Å². The molecule has 0 radical (unpaired) electrons. The molecular weight excluding hydrogens is 406 g/mol. The highest BCUT2D eigenvalue weighted by Crippen LogP contribution is 2.27. The van der Waals surface area contributed by atoms with Crippen LogP contribution in [0.4, 0.5) is 5.82 Å². The van der Waals surface area contributed by atoms with Crippen LogP contribution in [0.25, 0.3) is 0 Å². The number of nitrogens with zero attached hydrogens (tertiary/aromatic N) is 5. The molecule has 2 aromatic rings. The van der Waals surface area contributed by atoms with Gasteiger partial charge in [0.05, 0.1) is 6.54 Å². The molecule has 1 unspecified atom stereocenters. The second-order valence-corrected chi connectivity index (χ2v) is 9.00. The molecule has 1 aromatic carbocycles. The van der Waals surface area contributed by atoms with E-state index in [1.165, 1.54) is 19.2 Å². The molecule has 1 atom stereocenters. The maximum absolute atomic E-state index is 13.0. The van der Waals surface area contributed by atoms with Crippen LogP contribution in [0, 0.1) is 6.92 Å². The predicted molar refractivity (Wildman–Crippen MR) is 123 cm³/mol. The number of β-amino-alcohol motifs (C(OH)–C–C–N with tert-alkyl or cyclic N) is 1. The van der Waals surface area contributed by atoms with Crippen molar-refractivity contribution < 1.29 is 14.6 Å². The van der Waals surface area contributed by atoms with Crippen molar-refractivity contribution in [3.63, 3.8) is 0 Å². The van der Waals surface area contributed by atoms with Crippen molar-refractivity contribution in [2.24, 2.45) is 0 Å². The number of rotatable bonds is 8. The number of likely N-dealkylation sites (tertiary alicyclic amines) is 1.